The van der Waals surface area contributed by atoms with Crippen LogP contribution in [0.1, 0.15) is 20.8 Å². The minimum atomic E-state index is 0.0838. The van der Waals surface area contributed by atoms with E-state index >= 15 is 0 Å². The first-order valence-corrected chi connectivity index (χ1v) is 4.33. The van der Waals surface area contributed by atoms with Crippen molar-refractivity contribution in [2.45, 2.75) is 20.8 Å². The van der Waals surface area contributed by atoms with Crippen LogP contribution in [0.3, 0.4) is 0 Å². The van der Waals surface area contributed by atoms with Crippen molar-refractivity contribution in [1.29, 1.82) is 0 Å². The lowest BCUT2D eigenvalue weighted by molar-refractivity contribution is -0.111. The van der Waals surface area contributed by atoms with Gasteiger partial charge in [0, 0.05) is 5.57 Å². The Labute approximate surface area is 79.2 Å². The molecule has 0 saturated carbocycles. The topological polar surface area (TPSA) is 17.1 Å². The number of hydrogen-bond donors (Lipinski definition) is 0. The molecule has 0 aromatic heterocycles. The van der Waals surface area contributed by atoms with Crippen LogP contribution in [-0.4, -0.2) is 5.78 Å². The van der Waals surface area contributed by atoms with Crippen LogP contribution in [0.15, 0.2) is 47.1 Å². The number of carbonyl (C=O) groups excluding carboxylic acids is 1. The average Bonchev–Trinajstić information content (AvgIpc) is 2.09. The molecule has 1 nitrogen and oxygen atoms in total. The van der Waals surface area contributed by atoms with Crippen LogP contribution in [0, 0.1) is 0 Å². The summed E-state index contributed by atoms with van der Waals surface area (Å²) in [4.78, 5) is 11.5. The molecule has 0 atom stereocenters. The lowest BCUT2D eigenvalue weighted by atomic mass is 9.88. The zero-order valence-electron chi connectivity index (χ0n) is 8.35. The fraction of sp³-hybridized carbons (Fsp3) is 0.250. The molecule has 0 bridgehead atoms. The normalized spacial score (nSPS) is 18.5. The molecule has 68 valence electrons. The first-order valence-electron chi connectivity index (χ1n) is 4.33. The summed E-state index contributed by atoms with van der Waals surface area (Å²) < 4.78 is 0. The Morgan fingerprint density at radius 3 is 2.54 bits per heavy atom. The minimum absolute atomic E-state index is 0.0838. The van der Waals surface area contributed by atoms with Crippen LogP contribution in [0.2, 0.25) is 0 Å². The van der Waals surface area contributed by atoms with Gasteiger partial charge in [-0.2, -0.15) is 0 Å². The van der Waals surface area contributed by atoms with E-state index in [9.17, 15) is 4.79 Å². The zero-order valence-corrected chi connectivity index (χ0v) is 8.35. The molecule has 0 N–H and O–H groups in total. The molecule has 0 heterocycles. The highest BCUT2D eigenvalue weighted by atomic mass is 16.1. The Balaban J connectivity index is 3.21. The fourth-order valence-electron chi connectivity index (χ4n) is 1.38. The van der Waals surface area contributed by atoms with E-state index in [-0.39, 0.29) is 5.78 Å². The van der Waals surface area contributed by atoms with Crippen molar-refractivity contribution in [3.8, 4) is 0 Å². The van der Waals surface area contributed by atoms with Crippen LogP contribution in [0.5, 0.6) is 0 Å². The van der Waals surface area contributed by atoms with Crippen molar-refractivity contribution in [2.75, 3.05) is 0 Å². The van der Waals surface area contributed by atoms with Crippen molar-refractivity contribution in [3.63, 3.8) is 0 Å². The Morgan fingerprint density at radius 1 is 1.38 bits per heavy atom. The summed E-state index contributed by atoms with van der Waals surface area (Å²) in [5, 5.41) is 0. The van der Waals surface area contributed by atoms with E-state index in [0.717, 1.165) is 22.3 Å². The van der Waals surface area contributed by atoms with Gasteiger partial charge in [-0.15, -0.1) is 0 Å². The molecule has 0 radical (unpaired) electrons. The second-order valence-corrected chi connectivity index (χ2v) is 3.21. The number of rotatable bonds is 1. The second-order valence-electron chi connectivity index (χ2n) is 3.21. The molecule has 1 aliphatic rings. The van der Waals surface area contributed by atoms with E-state index in [1.54, 1.807) is 6.08 Å². The first kappa shape index (κ1) is 9.72. The van der Waals surface area contributed by atoms with Gasteiger partial charge in [-0.05, 0) is 43.6 Å². The lowest BCUT2D eigenvalue weighted by Gasteiger charge is -2.15. The van der Waals surface area contributed by atoms with E-state index in [1.807, 2.05) is 32.9 Å². The predicted molar refractivity (Wildman–Crippen MR) is 55.4 cm³/mol. The quantitative estimate of drug-likeness (QED) is 0.597. The Kier molecular flexibility index (Phi) is 2.66. The van der Waals surface area contributed by atoms with Crippen molar-refractivity contribution in [3.05, 3.63) is 47.1 Å². The molecule has 0 amide bonds. The van der Waals surface area contributed by atoms with Gasteiger partial charge in [-0.3, -0.25) is 4.79 Å². The highest BCUT2D eigenvalue weighted by Gasteiger charge is 2.16. The Bertz CT molecular complexity index is 351. The van der Waals surface area contributed by atoms with Gasteiger partial charge in [-0.1, -0.05) is 18.7 Å². The third-order valence-electron chi connectivity index (χ3n) is 2.28. The molecule has 13 heavy (non-hydrogen) atoms. The molecule has 1 heteroatoms. The molecule has 0 spiro atoms. The van der Waals surface area contributed by atoms with Gasteiger partial charge in [0.1, 0.15) is 0 Å². The third-order valence-corrected chi connectivity index (χ3v) is 2.28. The van der Waals surface area contributed by atoms with Gasteiger partial charge >= 0.3 is 0 Å². The fourth-order valence-corrected chi connectivity index (χ4v) is 1.38. The van der Waals surface area contributed by atoms with Crippen molar-refractivity contribution >= 4 is 5.78 Å². The van der Waals surface area contributed by atoms with Crippen LogP contribution in [-0.2, 0) is 4.79 Å². The highest BCUT2D eigenvalue weighted by molar-refractivity contribution is 6.09. The van der Waals surface area contributed by atoms with Crippen LogP contribution >= 0.6 is 0 Å². The van der Waals surface area contributed by atoms with E-state index in [2.05, 4.69) is 6.58 Å². The maximum absolute atomic E-state index is 11.5. The van der Waals surface area contributed by atoms with Gasteiger partial charge in [-0.25, -0.2) is 0 Å². The summed E-state index contributed by atoms with van der Waals surface area (Å²) in [7, 11) is 0. The number of carbonyl (C=O) groups is 1. The smallest absolute Gasteiger partial charge is 0.186 e. The Hall–Kier alpha value is -1.37. The molecular formula is C12H14O. The molecule has 0 aromatic rings. The summed E-state index contributed by atoms with van der Waals surface area (Å²) in [6.07, 6.45) is 5.36. The maximum Gasteiger partial charge on any atom is 0.186 e. The lowest BCUT2D eigenvalue weighted by Crippen LogP contribution is -2.08. The Morgan fingerprint density at radius 2 is 2.00 bits per heavy atom. The van der Waals surface area contributed by atoms with Gasteiger partial charge < -0.3 is 0 Å². The van der Waals surface area contributed by atoms with E-state index in [0.29, 0.717) is 0 Å². The average molecular weight is 174 g/mol. The summed E-state index contributed by atoms with van der Waals surface area (Å²) in [6.45, 7) is 9.68. The minimum Gasteiger partial charge on any atom is -0.289 e. The van der Waals surface area contributed by atoms with Crippen molar-refractivity contribution in [2.24, 2.45) is 0 Å². The molecule has 1 aliphatic carbocycles. The van der Waals surface area contributed by atoms with E-state index in [1.165, 1.54) is 0 Å². The summed E-state index contributed by atoms with van der Waals surface area (Å²) in [6, 6.07) is 0. The first-order chi connectivity index (χ1) is 6.07. The number of hydrogen-bond acceptors (Lipinski definition) is 1. The maximum atomic E-state index is 11.5. The molecule has 1 rings (SSSR count). The number of allylic oxidation sites excluding steroid dienone is 7. The monoisotopic (exact) mass is 174 g/mol. The number of ketones is 1. The molecule has 0 fully saturated rings. The molecule has 0 saturated heterocycles. The largest absolute Gasteiger partial charge is 0.289 e. The summed E-state index contributed by atoms with van der Waals surface area (Å²) >= 11 is 0. The third kappa shape index (κ3) is 1.69. The summed E-state index contributed by atoms with van der Waals surface area (Å²) in [5.74, 6) is 0.0838. The highest BCUT2D eigenvalue weighted by Crippen LogP contribution is 2.26. The van der Waals surface area contributed by atoms with Crippen molar-refractivity contribution < 1.29 is 4.79 Å². The standard InChI is InChI=1S/C12H14O/c1-5-6-11-10(4)9(3)8(2)7-12(11)13/h5-7H,3H2,1-2,4H3/b6-5-. The molecular weight excluding hydrogens is 160 g/mol. The van der Waals surface area contributed by atoms with Gasteiger partial charge in [0.25, 0.3) is 0 Å². The summed E-state index contributed by atoms with van der Waals surface area (Å²) in [5.41, 5.74) is 3.68. The SMILES string of the molecule is C=C1C(C)=CC(=O)C(/C=C\C)=C1C. The van der Waals surface area contributed by atoms with Gasteiger partial charge in [0.05, 0.1) is 0 Å². The van der Waals surface area contributed by atoms with Crippen LogP contribution < -0.4 is 0 Å². The van der Waals surface area contributed by atoms with Crippen LogP contribution in [0.25, 0.3) is 0 Å². The van der Waals surface area contributed by atoms with E-state index in [4.69, 9.17) is 0 Å². The van der Waals surface area contributed by atoms with Crippen LogP contribution in [0.4, 0.5) is 0 Å². The van der Waals surface area contributed by atoms with E-state index < -0.39 is 0 Å². The molecule has 0 aromatic carbocycles. The molecule has 0 aliphatic heterocycles. The molecule has 0 unspecified atom stereocenters. The predicted octanol–water partition coefficient (Wildman–Crippen LogP) is 2.96. The second kappa shape index (κ2) is 3.56. The van der Waals surface area contributed by atoms with Crippen molar-refractivity contribution in [1.82, 2.24) is 0 Å². The van der Waals surface area contributed by atoms with Gasteiger partial charge in [0.2, 0.25) is 0 Å². The van der Waals surface area contributed by atoms with Gasteiger partial charge in [0.15, 0.2) is 5.78 Å². The zero-order chi connectivity index (χ0) is 10.0.